The van der Waals surface area contributed by atoms with Crippen molar-refractivity contribution in [2.24, 2.45) is 0 Å². The van der Waals surface area contributed by atoms with Crippen molar-refractivity contribution in [3.63, 3.8) is 0 Å². The molecule has 0 fully saturated rings. The summed E-state index contributed by atoms with van der Waals surface area (Å²) in [6.07, 6.45) is 0. The van der Waals surface area contributed by atoms with Crippen LogP contribution >= 0.6 is 0 Å². The number of hydrogen-bond acceptors (Lipinski definition) is 1. The quantitative estimate of drug-likeness (QED) is 0.743. The van der Waals surface area contributed by atoms with Crippen LogP contribution in [0.3, 0.4) is 0 Å². The van der Waals surface area contributed by atoms with Gasteiger partial charge in [-0.25, -0.2) is 4.21 Å². The molecule has 1 aromatic carbocycles. The van der Waals surface area contributed by atoms with Crippen LogP contribution in [-0.4, -0.2) is 12.3 Å². The average molecular weight is 266 g/mol. The highest BCUT2D eigenvalue weighted by atomic mass is 32.2. The molecule has 0 aromatic heterocycles. The van der Waals surface area contributed by atoms with E-state index in [2.05, 4.69) is 40.4 Å². The summed E-state index contributed by atoms with van der Waals surface area (Å²) in [5, 5.41) is 0.175. The Kier molecular flexibility index (Phi) is 4.15. The van der Waals surface area contributed by atoms with Gasteiger partial charge in [0, 0.05) is 9.42 Å². The third kappa shape index (κ3) is 2.96. The van der Waals surface area contributed by atoms with Crippen LogP contribution < -0.4 is 0 Å². The predicted octanol–water partition coefficient (Wildman–Crippen LogP) is 4.36. The maximum absolute atomic E-state index is 12.5. The van der Waals surface area contributed by atoms with Crippen molar-refractivity contribution in [1.82, 2.24) is 0 Å². The molecule has 0 aliphatic heterocycles. The maximum atomic E-state index is 12.5. The van der Waals surface area contributed by atoms with Crippen molar-refractivity contribution < 1.29 is 4.21 Å². The zero-order chi connectivity index (χ0) is 13.3. The first-order valence-electron chi connectivity index (χ1n) is 5.84. The maximum Gasteiger partial charge on any atom is 0.0971 e. The summed E-state index contributed by atoms with van der Waals surface area (Å²) in [5.41, 5.74) is 0. The SMILES string of the molecule is C=C(S(=O)c1ccccc1)[Si](C)(C)C(C)(C)C. The molecular weight excluding hydrogens is 244 g/mol. The van der Waals surface area contributed by atoms with E-state index in [1.165, 1.54) is 0 Å². The molecule has 1 atom stereocenters. The fourth-order valence-electron chi connectivity index (χ4n) is 1.34. The van der Waals surface area contributed by atoms with Crippen LogP contribution in [0.15, 0.2) is 46.3 Å². The fourth-order valence-corrected chi connectivity index (χ4v) is 5.99. The second kappa shape index (κ2) is 4.90. The zero-order valence-electron chi connectivity index (χ0n) is 11.4. The smallest absolute Gasteiger partial charge is 0.0971 e. The molecule has 0 spiro atoms. The van der Waals surface area contributed by atoms with E-state index in [9.17, 15) is 4.21 Å². The highest BCUT2D eigenvalue weighted by Gasteiger charge is 2.40. The van der Waals surface area contributed by atoms with Crippen LogP contribution in [0.25, 0.3) is 0 Å². The van der Waals surface area contributed by atoms with Crippen LogP contribution in [0.4, 0.5) is 0 Å². The van der Waals surface area contributed by atoms with Gasteiger partial charge in [0.25, 0.3) is 0 Å². The van der Waals surface area contributed by atoms with Crippen LogP contribution in [0.1, 0.15) is 20.8 Å². The first-order chi connectivity index (χ1) is 7.68. The minimum absolute atomic E-state index is 0.175. The lowest BCUT2D eigenvalue weighted by atomic mass is 10.2. The molecule has 0 radical (unpaired) electrons. The monoisotopic (exact) mass is 266 g/mol. The Bertz CT molecular complexity index is 429. The molecule has 0 saturated carbocycles. The third-order valence-corrected chi connectivity index (χ3v) is 12.1. The third-order valence-electron chi connectivity index (χ3n) is 3.75. The van der Waals surface area contributed by atoms with Crippen molar-refractivity contribution in [3.05, 3.63) is 41.4 Å². The summed E-state index contributed by atoms with van der Waals surface area (Å²) in [5.74, 6) is 0. The first kappa shape index (κ1) is 14.4. The van der Waals surface area contributed by atoms with E-state index in [1.54, 1.807) is 0 Å². The molecule has 0 aliphatic rings. The Morgan fingerprint density at radius 1 is 1.18 bits per heavy atom. The summed E-state index contributed by atoms with van der Waals surface area (Å²) in [4.78, 5) is 0.863. The zero-order valence-corrected chi connectivity index (χ0v) is 13.2. The lowest BCUT2D eigenvalue weighted by molar-refractivity contribution is 0.686. The van der Waals surface area contributed by atoms with Gasteiger partial charge in [-0.1, -0.05) is 58.6 Å². The molecule has 1 nitrogen and oxygen atoms in total. The Balaban J connectivity index is 3.04. The van der Waals surface area contributed by atoms with Crippen molar-refractivity contribution in [1.29, 1.82) is 0 Å². The lowest BCUT2D eigenvalue weighted by Gasteiger charge is -2.37. The minimum atomic E-state index is -1.75. The number of benzene rings is 1. The van der Waals surface area contributed by atoms with Gasteiger partial charge in [-0.2, -0.15) is 0 Å². The summed E-state index contributed by atoms with van der Waals surface area (Å²) < 4.78 is 13.4. The van der Waals surface area contributed by atoms with Crippen LogP contribution in [0.2, 0.25) is 18.1 Å². The summed E-state index contributed by atoms with van der Waals surface area (Å²) in [6.45, 7) is 15.3. The summed E-state index contributed by atoms with van der Waals surface area (Å²) >= 11 is 0. The van der Waals surface area contributed by atoms with E-state index < -0.39 is 18.9 Å². The second-order valence-electron chi connectivity index (χ2n) is 5.88. The lowest BCUT2D eigenvalue weighted by Crippen LogP contribution is -2.40. The van der Waals surface area contributed by atoms with Gasteiger partial charge in [-0.05, 0) is 17.2 Å². The van der Waals surface area contributed by atoms with E-state index in [1.807, 2.05) is 30.3 Å². The van der Waals surface area contributed by atoms with E-state index in [-0.39, 0.29) is 5.04 Å². The predicted molar refractivity (Wildman–Crippen MR) is 79.2 cm³/mol. The summed E-state index contributed by atoms with van der Waals surface area (Å²) in [6, 6.07) is 9.61. The van der Waals surface area contributed by atoms with E-state index >= 15 is 0 Å². The van der Waals surface area contributed by atoms with Crippen LogP contribution in [0, 0.1) is 0 Å². The fraction of sp³-hybridized carbons (Fsp3) is 0.429. The average Bonchev–Trinajstić information content (AvgIpc) is 2.26. The molecular formula is C14H22OSSi. The van der Waals surface area contributed by atoms with E-state index in [4.69, 9.17) is 0 Å². The molecule has 3 heteroatoms. The molecule has 1 rings (SSSR count). The van der Waals surface area contributed by atoms with Crippen molar-refractivity contribution in [2.45, 2.75) is 43.8 Å². The van der Waals surface area contributed by atoms with Crippen molar-refractivity contribution in [3.8, 4) is 0 Å². The van der Waals surface area contributed by atoms with Gasteiger partial charge in [0.1, 0.15) is 0 Å². The van der Waals surface area contributed by atoms with Gasteiger partial charge >= 0.3 is 0 Å². The molecule has 1 unspecified atom stereocenters. The Labute approximate surface area is 108 Å². The highest BCUT2D eigenvalue weighted by molar-refractivity contribution is 7.91. The van der Waals surface area contributed by atoms with Crippen LogP contribution in [-0.2, 0) is 10.8 Å². The minimum Gasteiger partial charge on any atom is -0.250 e. The number of hydrogen-bond donors (Lipinski definition) is 0. The second-order valence-corrected chi connectivity index (χ2v) is 13.1. The van der Waals surface area contributed by atoms with E-state index in [0.29, 0.717) is 0 Å². The molecule has 1 aromatic rings. The van der Waals surface area contributed by atoms with E-state index in [0.717, 1.165) is 9.42 Å². The molecule has 0 N–H and O–H groups in total. The Morgan fingerprint density at radius 3 is 2.06 bits per heavy atom. The molecule has 94 valence electrons. The Morgan fingerprint density at radius 2 is 1.65 bits per heavy atom. The molecule has 0 saturated heterocycles. The van der Waals surface area contributed by atoms with Crippen LogP contribution in [0.5, 0.6) is 0 Å². The first-order valence-corrected chi connectivity index (χ1v) is 9.99. The topological polar surface area (TPSA) is 17.1 Å². The van der Waals surface area contributed by atoms with Gasteiger partial charge in [-0.3, -0.25) is 0 Å². The largest absolute Gasteiger partial charge is 0.250 e. The van der Waals surface area contributed by atoms with Gasteiger partial charge in [0.15, 0.2) is 0 Å². The standard InChI is InChI=1S/C14H22OSSi/c1-12(17(5,6)14(2,3)4)16(15)13-10-8-7-9-11-13/h7-11H,1H2,2-6H3. The van der Waals surface area contributed by atoms with Gasteiger partial charge in [0.2, 0.25) is 0 Å². The highest BCUT2D eigenvalue weighted by Crippen LogP contribution is 2.41. The van der Waals surface area contributed by atoms with Gasteiger partial charge < -0.3 is 0 Å². The molecule has 0 amide bonds. The Hall–Kier alpha value is -0.673. The number of rotatable bonds is 3. The van der Waals surface area contributed by atoms with Crippen molar-refractivity contribution >= 4 is 18.9 Å². The van der Waals surface area contributed by atoms with Gasteiger partial charge in [-0.15, -0.1) is 0 Å². The molecule has 17 heavy (non-hydrogen) atoms. The molecule has 0 aliphatic carbocycles. The molecule has 0 heterocycles. The van der Waals surface area contributed by atoms with Gasteiger partial charge in [0.05, 0.1) is 18.9 Å². The molecule has 0 bridgehead atoms. The van der Waals surface area contributed by atoms with Crippen molar-refractivity contribution in [2.75, 3.05) is 0 Å². The normalized spacial score (nSPS) is 14.4. The summed E-state index contributed by atoms with van der Waals surface area (Å²) in [7, 11) is -2.83.